The predicted molar refractivity (Wildman–Crippen MR) is 109 cm³/mol. The molecule has 0 fully saturated rings. The number of carbonyl (C=O) groups is 1. The Hall–Kier alpha value is -3.49. The summed E-state index contributed by atoms with van der Waals surface area (Å²) in [7, 11) is 0. The van der Waals surface area contributed by atoms with Gasteiger partial charge in [0.25, 0.3) is 0 Å². The number of fused-ring (bicyclic) bond motifs is 2. The van der Waals surface area contributed by atoms with Crippen molar-refractivity contribution in [3.8, 4) is 11.5 Å². The van der Waals surface area contributed by atoms with E-state index in [0.29, 0.717) is 33.9 Å². The Morgan fingerprint density at radius 3 is 2.68 bits per heavy atom. The third-order valence-corrected chi connectivity index (χ3v) is 4.80. The van der Waals surface area contributed by atoms with E-state index in [0.717, 1.165) is 12.1 Å². The normalized spacial score (nSPS) is 13.5. The molecule has 0 aromatic heterocycles. The summed E-state index contributed by atoms with van der Waals surface area (Å²) < 4.78 is 38.3. The maximum absolute atomic E-state index is 13.9. The number of ketones is 1. The third kappa shape index (κ3) is 4.50. The minimum Gasteiger partial charge on any atom is -0.491 e. The fourth-order valence-electron chi connectivity index (χ4n) is 3.18. The average Bonchev–Trinajstić information content (AvgIpc) is 2.90. The molecule has 0 radical (unpaired) electrons. The van der Waals surface area contributed by atoms with Crippen molar-refractivity contribution in [2.75, 3.05) is 18.5 Å². The van der Waals surface area contributed by atoms with Gasteiger partial charge < -0.3 is 25.0 Å². The average molecular weight is 427 g/mol. The summed E-state index contributed by atoms with van der Waals surface area (Å²) in [6, 6.07) is 12.9. The van der Waals surface area contributed by atoms with Gasteiger partial charge in [0.05, 0.1) is 17.9 Å². The zero-order valence-electron chi connectivity index (χ0n) is 16.3. The van der Waals surface area contributed by atoms with Gasteiger partial charge in [-0.25, -0.2) is 8.78 Å². The van der Waals surface area contributed by atoms with Crippen molar-refractivity contribution in [2.45, 2.75) is 12.7 Å². The van der Waals surface area contributed by atoms with Crippen LogP contribution in [0, 0.1) is 11.6 Å². The van der Waals surface area contributed by atoms with Crippen LogP contribution in [0.15, 0.2) is 54.6 Å². The van der Waals surface area contributed by atoms with Gasteiger partial charge >= 0.3 is 0 Å². The molecule has 160 valence electrons. The summed E-state index contributed by atoms with van der Waals surface area (Å²) in [4.78, 5) is 13.1. The van der Waals surface area contributed by atoms with Crippen LogP contribution in [-0.2, 0) is 6.61 Å². The molecule has 3 N–H and O–H groups in total. The molecule has 31 heavy (non-hydrogen) atoms. The smallest absolute Gasteiger partial charge is 0.197 e. The van der Waals surface area contributed by atoms with Gasteiger partial charge in [-0.1, -0.05) is 6.07 Å². The lowest BCUT2D eigenvalue weighted by Crippen LogP contribution is -2.21. The first-order valence-electron chi connectivity index (χ1n) is 9.53. The van der Waals surface area contributed by atoms with Crippen LogP contribution < -0.4 is 14.8 Å². The molecule has 8 heteroatoms. The lowest BCUT2D eigenvalue weighted by atomic mass is 9.98. The molecule has 6 nitrogen and oxygen atoms in total. The summed E-state index contributed by atoms with van der Waals surface area (Å²) in [5.41, 5.74) is 1.97. The zero-order chi connectivity index (χ0) is 22.0. The van der Waals surface area contributed by atoms with Crippen LogP contribution in [0.2, 0.25) is 0 Å². The Bertz CT molecular complexity index is 1130. The molecular formula is C23H19F2NO5. The molecule has 0 spiro atoms. The summed E-state index contributed by atoms with van der Waals surface area (Å²) in [6.45, 7) is -0.392. The number of aliphatic hydroxyl groups is 2. The maximum Gasteiger partial charge on any atom is 0.197 e. The van der Waals surface area contributed by atoms with Gasteiger partial charge in [0.2, 0.25) is 0 Å². The first kappa shape index (κ1) is 20.8. The van der Waals surface area contributed by atoms with E-state index in [2.05, 4.69) is 5.32 Å². The number of hydrogen-bond donors (Lipinski definition) is 3. The van der Waals surface area contributed by atoms with E-state index >= 15 is 0 Å². The second kappa shape index (κ2) is 8.71. The number of rotatable bonds is 6. The lowest BCUT2D eigenvalue weighted by molar-refractivity contribution is 0.0536. The van der Waals surface area contributed by atoms with Gasteiger partial charge in [0.1, 0.15) is 42.5 Å². The maximum atomic E-state index is 13.9. The standard InChI is InChI=1S/C23H19F2NO5/c24-14-2-6-21(20(25)7-14)26-15-3-5-18-22(8-15)31-11-13-1-4-17(9-19(13)23(18)29)30-12-16(28)10-27/h1-9,16,26-28H,10-12H2/t16-/m0/s1. The van der Waals surface area contributed by atoms with Crippen molar-refractivity contribution >= 4 is 17.2 Å². The Balaban J connectivity index is 1.58. The SMILES string of the molecule is O=C1c2cc(OC[C@@H](O)CO)ccc2COc2cc(Nc3ccc(F)cc3F)ccc21. The van der Waals surface area contributed by atoms with Crippen molar-refractivity contribution in [1.29, 1.82) is 0 Å². The fraction of sp³-hybridized carbons (Fsp3) is 0.174. The van der Waals surface area contributed by atoms with Gasteiger partial charge in [-0.2, -0.15) is 0 Å². The molecule has 1 aliphatic heterocycles. The van der Waals surface area contributed by atoms with Crippen LogP contribution in [0.4, 0.5) is 20.2 Å². The number of hydrogen-bond acceptors (Lipinski definition) is 6. The van der Waals surface area contributed by atoms with E-state index < -0.39 is 24.3 Å². The van der Waals surface area contributed by atoms with Crippen molar-refractivity contribution in [1.82, 2.24) is 0 Å². The molecule has 0 saturated carbocycles. The topological polar surface area (TPSA) is 88.0 Å². The number of nitrogens with one attached hydrogen (secondary N) is 1. The molecule has 1 atom stereocenters. The van der Waals surface area contributed by atoms with E-state index in [1.807, 2.05) is 0 Å². The molecule has 4 rings (SSSR count). The number of carbonyl (C=O) groups excluding carboxylic acids is 1. The van der Waals surface area contributed by atoms with Crippen molar-refractivity contribution in [2.24, 2.45) is 0 Å². The Labute approximate surface area is 176 Å². The summed E-state index contributed by atoms with van der Waals surface area (Å²) in [6.07, 6.45) is -1.02. The number of aliphatic hydroxyl groups excluding tert-OH is 2. The van der Waals surface area contributed by atoms with Gasteiger partial charge in [0, 0.05) is 28.9 Å². The monoisotopic (exact) mass is 427 g/mol. The Morgan fingerprint density at radius 1 is 1.06 bits per heavy atom. The number of anilines is 2. The highest BCUT2D eigenvalue weighted by molar-refractivity contribution is 6.12. The first-order chi connectivity index (χ1) is 14.9. The van der Waals surface area contributed by atoms with Crippen LogP contribution in [0.25, 0.3) is 0 Å². The van der Waals surface area contributed by atoms with Crippen LogP contribution in [0.1, 0.15) is 21.5 Å². The zero-order valence-corrected chi connectivity index (χ0v) is 16.3. The number of ether oxygens (including phenoxy) is 2. The van der Waals surface area contributed by atoms with Crippen molar-refractivity contribution in [3.63, 3.8) is 0 Å². The molecule has 3 aromatic carbocycles. The van der Waals surface area contributed by atoms with Crippen LogP contribution >= 0.6 is 0 Å². The molecule has 1 aliphatic rings. The lowest BCUT2D eigenvalue weighted by Gasteiger charge is -2.12. The third-order valence-electron chi connectivity index (χ3n) is 4.80. The van der Waals surface area contributed by atoms with E-state index in [1.165, 1.54) is 6.07 Å². The molecule has 3 aromatic rings. The van der Waals surface area contributed by atoms with Crippen molar-refractivity contribution < 1.29 is 33.3 Å². The van der Waals surface area contributed by atoms with Crippen LogP contribution in [0.3, 0.4) is 0 Å². The van der Waals surface area contributed by atoms with E-state index in [-0.39, 0.29) is 24.7 Å². The van der Waals surface area contributed by atoms with E-state index in [9.17, 15) is 18.7 Å². The number of benzene rings is 3. The molecule has 1 heterocycles. The van der Waals surface area contributed by atoms with E-state index in [4.69, 9.17) is 14.6 Å². The van der Waals surface area contributed by atoms with E-state index in [1.54, 1.807) is 36.4 Å². The molecule has 0 aliphatic carbocycles. The minimum absolute atomic E-state index is 0.0939. The predicted octanol–water partition coefficient (Wildman–Crippen LogP) is 3.56. The second-order valence-electron chi connectivity index (χ2n) is 7.04. The Kier molecular flexibility index (Phi) is 5.83. The van der Waals surface area contributed by atoms with Gasteiger partial charge in [-0.15, -0.1) is 0 Å². The highest BCUT2D eigenvalue weighted by Crippen LogP contribution is 2.33. The number of halogens is 2. The minimum atomic E-state index is -1.02. The van der Waals surface area contributed by atoms with Crippen molar-refractivity contribution in [3.05, 3.63) is 82.9 Å². The van der Waals surface area contributed by atoms with Crippen LogP contribution in [-0.4, -0.2) is 35.3 Å². The quantitative estimate of drug-likeness (QED) is 0.558. The first-order valence-corrected chi connectivity index (χ1v) is 9.53. The summed E-state index contributed by atoms with van der Waals surface area (Å²) in [5, 5.41) is 21.2. The molecule has 0 bridgehead atoms. The van der Waals surface area contributed by atoms with Gasteiger partial charge in [-0.05, 0) is 36.4 Å². The molecule has 0 amide bonds. The largest absolute Gasteiger partial charge is 0.491 e. The second-order valence-corrected chi connectivity index (χ2v) is 7.04. The molecule has 0 saturated heterocycles. The molecular weight excluding hydrogens is 408 g/mol. The highest BCUT2D eigenvalue weighted by Gasteiger charge is 2.23. The highest BCUT2D eigenvalue weighted by atomic mass is 19.1. The Morgan fingerprint density at radius 2 is 1.90 bits per heavy atom. The van der Waals surface area contributed by atoms with Gasteiger partial charge in [0.15, 0.2) is 5.78 Å². The van der Waals surface area contributed by atoms with Crippen LogP contribution in [0.5, 0.6) is 11.5 Å². The molecule has 0 unspecified atom stereocenters. The fourth-order valence-corrected chi connectivity index (χ4v) is 3.18. The summed E-state index contributed by atoms with van der Waals surface area (Å²) >= 11 is 0. The van der Waals surface area contributed by atoms with Gasteiger partial charge in [-0.3, -0.25) is 4.79 Å². The summed E-state index contributed by atoms with van der Waals surface area (Å²) in [5.74, 6) is -0.973.